The van der Waals surface area contributed by atoms with Crippen LogP contribution in [0.2, 0.25) is 0 Å². The fourth-order valence-electron chi connectivity index (χ4n) is 11.0. The summed E-state index contributed by atoms with van der Waals surface area (Å²) >= 11 is 0. The van der Waals surface area contributed by atoms with E-state index in [9.17, 15) is 66.4 Å². The van der Waals surface area contributed by atoms with Gasteiger partial charge in [0.25, 0.3) is 0 Å². The van der Waals surface area contributed by atoms with Gasteiger partial charge in [0.1, 0.15) is 24.4 Å². The van der Waals surface area contributed by atoms with Crippen molar-refractivity contribution in [1.29, 1.82) is 0 Å². The van der Waals surface area contributed by atoms with Gasteiger partial charge in [0.05, 0.1) is 183 Å². The van der Waals surface area contributed by atoms with Gasteiger partial charge < -0.3 is 164 Å². The van der Waals surface area contributed by atoms with Crippen molar-refractivity contribution in [3.63, 3.8) is 0 Å². The molecule has 0 aliphatic heterocycles. The minimum absolute atomic E-state index is 0.0694. The molecule has 0 aliphatic rings. The minimum atomic E-state index is -1.69. The second kappa shape index (κ2) is 75.8. The molecule has 0 spiro atoms. The summed E-state index contributed by atoms with van der Waals surface area (Å²) in [6.07, 6.45) is -10.3. The van der Waals surface area contributed by atoms with Gasteiger partial charge in [-0.15, -0.1) is 0 Å². The standard InChI is InChI=1S/C19H43N3O5.C14H32N2O4.C11H26N2O6.C10H24N2O4.C9H20O6.C8H19NO5/c1-15(23)10-20(6-8-21(11-16(2)24)12-17(3)25)7-9-22(13-18(4)26)14-19(5)27;1-11(17)7-15(8-12(2)18)5-6-16(9-13(3)19)10-14(4)20;14-4-10(5-15,6-16)12-2-1-3-13-11(7-17,8-18)9-19;13-7-3-11(4-8-14)1-2-12(5-9-15)6-10-16;1-2-3-5(11)7(13)9(15)8(14)6(12)4-10;10-3-1-9(2-4-11)8(5-12,6-13)7-14/h15-19,23-27H,6-14H2,1-5H3;11-14,17-20H,5-10H2,1-4H3;12-19H,1-9H2;13-16H,1-10H2;5-15H,2-4H2,1H3;10-14H,1-7H2. The molecule has 111 heavy (non-hydrogen) atoms. The van der Waals surface area contributed by atoms with Crippen molar-refractivity contribution < 1.29 is 153 Å². The molecule has 0 radical (unpaired) electrons. The van der Waals surface area contributed by atoms with E-state index in [-0.39, 0.29) is 98.8 Å². The quantitative estimate of drug-likeness (QED) is 0.0251. The largest absolute Gasteiger partial charge is 0.395 e. The van der Waals surface area contributed by atoms with Gasteiger partial charge in [-0.2, -0.15) is 0 Å². The number of aliphatic hydroxyl groups is 30. The molecule has 0 aromatic heterocycles. The van der Waals surface area contributed by atoms with Crippen molar-refractivity contribution in [3.05, 3.63) is 0 Å². The summed E-state index contributed by atoms with van der Waals surface area (Å²) in [5, 5.41) is 281. The van der Waals surface area contributed by atoms with Crippen LogP contribution in [0.25, 0.3) is 0 Å². The van der Waals surface area contributed by atoms with Gasteiger partial charge in [-0.05, 0) is 88.2 Å². The molecule has 0 saturated heterocycles. The lowest BCUT2D eigenvalue weighted by atomic mass is 9.97. The lowest BCUT2D eigenvalue weighted by Gasteiger charge is -2.39. The van der Waals surface area contributed by atoms with Crippen LogP contribution in [0, 0.1) is 0 Å². The van der Waals surface area contributed by atoms with Crippen LogP contribution in [0.1, 0.15) is 88.5 Å². The molecule has 0 aliphatic carbocycles. The Kier molecular flexibility index (Phi) is 82.2. The smallest absolute Gasteiger partial charge is 0.111 e. The summed E-state index contributed by atoms with van der Waals surface area (Å²) in [7, 11) is 0. The first kappa shape index (κ1) is 120. The lowest BCUT2D eigenvalue weighted by Crippen LogP contribution is -2.58. The molecule has 0 heterocycles. The first-order valence-electron chi connectivity index (χ1n) is 38.8. The molecule has 0 rings (SSSR count). The van der Waals surface area contributed by atoms with E-state index in [0.717, 1.165) is 0 Å². The first-order chi connectivity index (χ1) is 52.2. The third-order valence-corrected chi connectivity index (χ3v) is 17.0. The number of nitrogens with zero attached hydrogens (tertiary/aromatic N) is 8. The maximum Gasteiger partial charge on any atom is 0.111 e. The van der Waals surface area contributed by atoms with Crippen LogP contribution in [-0.4, -0.2) is 564 Å². The Balaban J connectivity index is -0.000000302. The average Bonchev–Trinajstić information content (AvgIpc) is 0.850. The molecule has 40 nitrogen and oxygen atoms in total. The summed E-state index contributed by atoms with van der Waals surface area (Å²) in [6.45, 7) is 26.3. The van der Waals surface area contributed by atoms with Gasteiger partial charge in [-0.1, -0.05) is 13.3 Å². The third kappa shape index (κ3) is 66.0. The van der Waals surface area contributed by atoms with Crippen LogP contribution in [0.4, 0.5) is 0 Å². The second-order valence-corrected chi connectivity index (χ2v) is 29.0. The molecule has 32 N–H and O–H groups in total. The molecule has 0 bridgehead atoms. The van der Waals surface area contributed by atoms with Crippen LogP contribution < -0.4 is 10.6 Å². The minimum Gasteiger partial charge on any atom is -0.395 e. The molecule has 678 valence electrons. The van der Waals surface area contributed by atoms with Gasteiger partial charge in [0.2, 0.25) is 0 Å². The zero-order valence-corrected chi connectivity index (χ0v) is 68.7. The SMILES string of the molecule is CC(O)CN(CCN(CC(C)O)CC(C)O)CC(C)O.CC(O)CN(CCN(CC(C)O)CC(C)O)CCN(CC(C)O)CC(C)O.CCCC(O)C(O)C(O)C(O)C(O)CO.OCC(CO)(CO)NCCCNC(CO)(CO)CO.OCCN(CCO)C(CO)(CO)CO.OCCN(CCO)CCN(CCO)CCO. The molecule has 14 unspecified atom stereocenters. The highest BCUT2D eigenvalue weighted by molar-refractivity contribution is 4.91. The van der Waals surface area contributed by atoms with Crippen molar-refractivity contribution in [1.82, 2.24) is 49.8 Å². The molecule has 0 fully saturated rings. The van der Waals surface area contributed by atoms with Crippen LogP contribution in [0.15, 0.2) is 0 Å². The van der Waals surface area contributed by atoms with Crippen molar-refractivity contribution in [2.75, 3.05) is 269 Å². The number of β-amino-alcohol motifs (C(OH)–C–C–N with tert-alkyl or cyclic N) is 2. The second-order valence-electron chi connectivity index (χ2n) is 29.0. The van der Waals surface area contributed by atoms with Gasteiger partial charge in [0.15, 0.2) is 0 Å². The summed E-state index contributed by atoms with van der Waals surface area (Å²) < 4.78 is 0. The van der Waals surface area contributed by atoms with E-state index < -0.39 is 128 Å². The normalized spacial score (nSPS) is 16.1. The number of aliphatic hydroxyl groups excluding tert-OH is 30. The number of nitrogens with one attached hydrogen (secondary N) is 2. The predicted octanol–water partition coefficient (Wildman–Crippen LogP) is -14.0. The molecule has 0 aromatic carbocycles. The highest BCUT2D eigenvalue weighted by Crippen LogP contribution is 2.15. The molecule has 0 saturated carbocycles. The number of hydrogen-bond donors (Lipinski definition) is 32. The Morgan fingerprint density at radius 3 is 0.667 bits per heavy atom. The first-order valence-corrected chi connectivity index (χ1v) is 38.8. The van der Waals surface area contributed by atoms with Crippen LogP contribution in [-0.2, 0) is 0 Å². The van der Waals surface area contributed by atoms with E-state index in [2.05, 4.69) is 15.5 Å². The molecule has 40 heteroatoms. The maximum atomic E-state index is 9.81. The van der Waals surface area contributed by atoms with Crippen LogP contribution in [0.3, 0.4) is 0 Å². The Hall–Kier alpha value is -1.60. The van der Waals surface area contributed by atoms with E-state index in [1.54, 1.807) is 69.2 Å². The summed E-state index contributed by atoms with van der Waals surface area (Å²) in [5.41, 5.74) is -3.39. The van der Waals surface area contributed by atoms with E-state index in [0.29, 0.717) is 163 Å². The Bertz CT molecular complexity index is 1750. The zero-order valence-electron chi connectivity index (χ0n) is 68.7. The average molecular weight is 1640 g/mol. The van der Waals surface area contributed by atoms with Crippen LogP contribution >= 0.6 is 0 Å². The van der Waals surface area contributed by atoms with E-state index in [1.807, 2.05) is 29.4 Å². The fourth-order valence-corrected chi connectivity index (χ4v) is 11.0. The third-order valence-electron chi connectivity index (χ3n) is 17.0. The highest BCUT2D eigenvalue weighted by atomic mass is 16.4. The van der Waals surface area contributed by atoms with Crippen LogP contribution in [0.5, 0.6) is 0 Å². The maximum absolute atomic E-state index is 9.81. The van der Waals surface area contributed by atoms with Crippen molar-refractivity contribution in [2.45, 2.75) is 191 Å². The monoisotopic (exact) mass is 1640 g/mol. The Morgan fingerprint density at radius 1 is 0.252 bits per heavy atom. The molecule has 14 atom stereocenters. The van der Waals surface area contributed by atoms with E-state index >= 15 is 0 Å². The van der Waals surface area contributed by atoms with Gasteiger partial charge in [-0.25, -0.2) is 0 Å². The predicted molar refractivity (Wildman–Crippen MR) is 419 cm³/mol. The van der Waals surface area contributed by atoms with Gasteiger partial charge >= 0.3 is 0 Å². The molecule has 0 amide bonds. The lowest BCUT2D eigenvalue weighted by molar-refractivity contribution is -0.141. The van der Waals surface area contributed by atoms with E-state index in [4.69, 9.17) is 86.8 Å². The molecule has 0 aromatic rings. The molecular weight excluding hydrogens is 1470 g/mol. The molecular formula is C71H164N10O30. The summed E-state index contributed by atoms with van der Waals surface area (Å²) in [5.74, 6) is 0. The Labute approximate surface area is 660 Å². The summed E-state index contributed by atoms with van der Waals surface area (Å²) in [6, 6.07) is 0. The van der Waals surface area contributed by atoms with Gasteiger partial charge in [-0.3, -0.25) is 39.2 Å². The zero-order chi connectivity index (χ0) is 86.7. The highest BCUT2D eigenvalue weighted by Gasteiger charge is 2.36. The van der Waals surface area contributed by atoms with Gasteiger partial charge in [0, 0.05) is 151 Å². The topological polar surface area (TPSA) is 657 Å². The van der Waals surface area contributed by atoms with Crippen molar-refractivity contribution in [3.8, 4) is 0 Å². The fraction of sp³-hybridized carbons (Fsp3) is 1.00. The van der Waals surface area contributed by atoms with E-state index in [1.165, 1.54) is 4.90 Å². The van der Waals surface area contributed by atoms with Crippen molar-refractivity contribution >= 4 is 0 Å². The summed E-state index contributed by atoms with van der Waals surface area (Å²) in [4.78, 5) is 15.5. The number of rotatable bonds is 65. The number of hydrogen-bond acceptors (Lipinski definition) is 40. The van der Waals surface area contributed by atoms with Crippen molar-refractivity contribution in [2.24, 2.45) is 0 Å². The Morgan fingerprint density at radius 2 is 0.468 bits per heavy atom.